The predicted molar refractivity (Wildman–Crippen MR) is 99.4 cm³/mol. The lowest BCUT2D eigenvalue weighted by Gasteiger charge is -2.25. The van der Waals surface area contributed by atoms with Gasteiger partial charge in [-0.15, -0.1) is 0 Å². The molecule has 1 aliphatic heterocycles. The molecular weight excluding hydrogens is 364 g/mol. The Hall–Kier alpha value is -2.97. The van der Waals surface area contributed by atoms with Crippen molar-refractivity contribution in [1.29, 1.82) is 0 Å². The van der Waals surface area contributed by atoms with Gasteiger partial charge in [0.2, 0.25) is 5.82 Å². The number of nitrogens with zero attached hydrogens (tertiary/aromatic N) is 4. The summed E-state index contributed by atoms with van der Waals surface area (Å²) in [5.41, 5.74) is 3.67. The number of hydrogen-bond acceptors (Lipinski definition) is 7. The molecule has 0 aliphatic carbocycles. The van der Waals surface area contributed by atoms with Gasteiger partial charge in [-0.3, -0.25) is 0 Å². The molecule has 0 radical (unpaired) electrons. The van der Waals surface area contributed by atoms with Crippen LogP contribution in [0.3, 0.4) is 0 Å². The van der Waals surface area contributed by atoms with E-state index in [0.29, 0.717) is 30.6 Å². The van der Waals surface area contributed by atoms with Gasteiger partial charge in [0.15, 0.2) is 5.69 Å². The normalized spacial score (nSPS) is 16.3. The second kappa shape index (κ2) is 6.64. The molecule has 0 N–H and O–H groups in total. The minimum Gasteiger partial charge on any atom is -0.497 e. The number of benzene rings is 1. The molecule has 3 aromatic heterocycles. The molecule has 0 saturated carbocycles. The third-order valence-electron chi connectivity index (χ3n) is 4.63. The summed E-state index contributed by atoms with van der Waals surface area (Å²) in [7, 11) is 1.66. The third kappa shape index (κ3) is 2.92. The highest BCUT2D eigenvalue weighted by Crippen LogP contribution is 2.32. The molecule has 5 rings (SSSR count). The Morgan fingerprint density at radius 2 is 2.11 bits per heavy atom. The highest BCUT2D eigenvalue weighted by molar-refractivity contribution is 7.08. The molecule has 4 aromatic rings. The fourth-order valence-corrected chi connectivity index (χ4v) is 3.79. The molecule has 8 heteroatoms. The van der Waals surface area contributed by atoms with E-state index in [2.05, 4.69) is 19.7 Å². The SMILES string of the molecule is COc1ccc([C@@H]2Cn3cnc(-c4nc(-c5ccsc5)no4)c3CO2)cc1. The number of hydrogen-bond donors (Lipinski definition) is 0. The largest absolute Gasteiger partial charge is 0.497 e. The van der Waals surface area contributed by atoms with Crippen molar-refractivity contribution in [1.82, 2.24) is 19.7 Å². The Balaban J connectivity index is 1.40. The molecule has 0 fully saturated rings. The second-order valence-electron chi connectivity index (χ2n) is 6.20. The number of methoxy groups -OCH3 is 1. The Bertz CT molecular complexity index is 1050. The zero-order chi connectivity index (χ0) is 18.2. The molecule has 1 aliphatic rings. The van der Waals surface area contributed by atoms with Crippen molar-refractivity contribution in [2.24, 2.45) is 0 Å². The van der Waals surface area contributed by atoms with E-state index in [1.54, 1.807) is 24.8 Å². The summed E-state index contributed by atoms with van der Waals surface area (Å²) >= 11 is 1.60. The van der Waals surface area contributed by atoms with Gasteiger partial charge in [-0.05, 0) is 29.1 Å². The Morgan fingerprint density at radius 3 is 2.89 bits per heavy atom. The van der Waals surface area contributed by atoms with Gasteiger partial charge in [0.05, 0.1) is 32.3 Å². The molecule has 0 amide bonds. The van der Waals surface area contributed by atoms with Gasteiger partial charge >= 0.3 is 0 Å². The molecule has 4 heterocycles. The van der Waals surface area contributed by atoms with Crippen LogP contribution < -0.4 is 4.74 Å². The van der Waals surface area contributed by atoms with E-state index in [1.807, 2.05) is 41.1 Å². The lowest BCUT2D eigenvalue weighted by atomic mass is 10.1. The molecule has 27 heavy (non-hydrogen) atoms. The standard InChI is InChI=1S/C19H16N4O3S/c1-24-14-4-2-12(3-5-14)16-8-23-11-20-17(15(23)9-25-16)19-21-18(22-26-19)13-6-7-27-10-13/h2-7,10-11,16H,8-9H2,1H3/t16-/m0/s1. The minimum atomic E-state index is -0.0329. The van der Waals surface area contributed by atoms with E-state index in [-0.39, 0.29) is 6.10 Å². The van der Waals surface area contributed by atoms with Crippen LogP contribution in [-0.2, 0) is 17.9 Å². The lowest BCUT2D eigenvalue weighted by Crippen LogP contribution is -2.20. The zero-order valence-electron chi connectivity index (χ0n) is 14.5. The topological polar surface area (TPSA) is 75.2 Å². The van der Waals surface area contributed by atoms with Crippen molar-refractivity contribution < 1.29 is 14.0 Å². The van der Waals surface area contributed by atoms with Gasteiger partial charge in [0.1, 0.15) is 11.9 Å². The summed E-state index contributed by atoms with van der Waals surface area (Å²) in [4.78, 5) is 8.97. The quantitative estimate of drug-likeness (QED) is 0.534. The van der Waals surface area contributed by atoms with Gasteiger partial charge in [-0.25, -0.2) is 4.98 Å². The maximum Gasteiger partial charge on any atom is 0.278 e. The van der Waals surface area contributed by atoms with Crippen molar-refractivity contribution in [3.05, 3.63) is 58.7 Å². The van der Waals surface area contributed by atoms with E-state index in [4.69, 9.17) is 14.0 Å². The summed E-state index contributed by atoms with van der Waals surface area (Å²) in [5, 5.41) is 8.03. The Labute approximate surface area is 159 Å². The van der Waals surface area contributed by atoms with Gasteiger partial charge in [-0.1, -0.05) is 17.3 Å². The molecule has 0 spiro atoms. The molecule has 0 unspecified atom stereocenters. The van der Waals surface area contributed by atoms with Crippen LogP contribution in [0.5, 0.6) is 5.75 Å². The maximum absolute atomic E-state index is 6.07. The van der Waals surface area contributed by atoms with Crippen molar-refractivity contribution in [3.8, 4) is 28.7 Å². The zero-order valence-corrected chi connectivity index (χ0v) is 15.3. The average Bonchev–Trinajstić information content (AvgIpc) is 3.46. The maximum atomic E-state index is 6.07. The van der Waals surface area contributed by atoms with Crippen LogP contribution in [0.4, 0.5) is 0 Å². The van der Waals surface area contributed by atoms with Gasteiger partial charge in [0.25, 0.3) is 5.89 Å². The molecule has 7 nitrogen and oxygen atoms in total. The predicted octanol–water partition coefficient (Wildman–Crippen LogP) is 3.94. The van der Waals surface area contributed by atoms with E-state index < -0.39 is 0 Å². The van der Waals surface area contributed by atoms with Crippen molar-refractivity contribution in [2.75, 3.05) is 7.11 Å². The first-order chi connectivity index (χ1) is 13.3. The molecular formula is C19H16N4O3S. The first-order valence-corrected chi connectivity index (χ1v) is 9.42. The number of ether oxygens (including phenoxy) is 2. The smallest absolute Gasteiger partial charge is 0.278 e. The van der Waals surface area contributed by atoms with Crippen LogP contribution in [0.1, 0.15) is 17.4 Å². The van der Waals surface area contributed by atoms with E-state index in [9.17, 15) is 0 Å². The highest BCUT2D eigenvalue weighted by Gasteiger charge is 2.26. The molecule has 1 aromatic carbocycles. The molecule has 1 atom stereocenters. The van der Waals surface area contributed by atoms with Gasteiger partial charge in [0, 0.05) is 10.9 Å². The Kier molecular flexibility index (Phi) is 3.99. The molecule has 0 bridgehead atoms. The summed E-state index contributed by atoms with van der Waals surface area (Å²) in [6.07, 6.45) is 1.77. The average molecular weight is 380 g/mol. The first-order valence-electron chi connectivity index (χ1n) is 8.48. The van der Waals surface area contributed by atoms with Crippen LogP contribution >= 0.6 is 11.3 Å². The number of aromatic nitrogens is 4. The summed E-state index contributed by atoms with van der Waals surface area (Å²) in [6.45, 7) is 1.11. The fourth-order valence-electron chi connectivity index (χ4n) is 3.15. The van der Waals surface area contributed by atoms with E-state index >= 15 is 0 Å². The van der Waals surface area contributed by atoms with E-state index in [0.717, 1.165) is 22.6 Å². The summed E-state index contributed by atoms with van der Waals surface area (Å²) in [6, 6.07) is 9.90. The number of rotatable bonds is 4. The highest BCUT2D eigenvalue weighted by atomic mass is 32.1. The van der Waals surface area contributed by atoms with Crippen LogP contribution in [0.15, 0.2) is 51.9 Å². The van der Waals surface area contributed by atoms with Crippen LogP contribution in [0, 0.1) is 0 Å². The van der Waals surface area contributed by atoms with Gasteiger partial charge < -0.3 is 18.6 Å². The Morgan fingerprint density at radius 1 is 1.22 bits per heavy atom. The number of imidazole rings is 1. The van der Waals surface area contributed by atoms with Crippen LogP contribution in [0.25, 0.3) is 23.0 Å². The first kappa shape index (κ1) is 16.2. The third-order valence-corrected chi connectivity index (χ3v) is 5.31. The van der Waals surface area contributed by atoms with Crippen molar-refractivity contribution in [2.45, 2.75) is 19.3 Å². The van der Waals surface area contributed by atoms with E-state index in [1.165, 1.54) is 0 Å². The van der Waals surface area contributed by atoms with Gasteiger partial charge in [-0.2, -0.15) is 16.3 Å². The number of thiophene rings is 1. The molecule has 0 saturated heterocycles. The van der Waals surface area contributed by atoms with Crippen molar-refractivity contribution >= 4 is 11.3 Å². The van der Waals surface area contributed by atoms with Crippen LogP contribution in [-0.4, -0.2) is 26.8 Å². The second-order valence-corrected chi connectivity index (χ2v) is 6.98. The summed E-state index contributed by atoms with van der Waals surface area (Å²) in [5.74, 6) is 1.82. The molecule has 136 valence electrons. The lowest BCUT2D eigenvalue weighted by molar-refractivity contribution is 0.00328. The number of fused-ring (bicyclic) bond motifs is 1. The van der Waals surface area contributed by atoms with Crippen molar-refractivity contribution in [3.63, 3.8) is 0 Å². The minimum absolute atomic E-state index is 0.0329. The monoisotopic (exact) mass is 380 g/mol. The van der Waals surface area contributed by atoms with Crippen LogP contribution in [0.2, 0.25) is 0 Å². The summed E-state index contributed by atoms with van der Waals surface area (Å²) < 4.78 is 18.8. The fraction of sp³-hybridized carbons (Fsp3) is 0.211.